The van der Waals surface area contributed by atoms with Crippen LogP contribution in [0.2, 0.25) is 0 Å². The van der Waals surface area contributed by atoms with Crippen LogP contribution in [-0.4, -0.2) is 18.3 Å². The van der Waals surface area contributed by atoms with Crippen molar-refractivity contribution in [3.8, 4) is 0 Å². The van der Waals surface area contributed by atoms with Crippen molar-refractivity contribution < 1.29 is 9.72 Å². The van der Waals surface area contributed by atoms with E-state index in [1.165, 1.54) is 17.7 Å². The summed E-state index contributed by atoms with van der Waals surface area (Å²) in [7, 11) is 1.86. The topological polar surface area (TPSA) is 63.4 Å². The molecule has 5 heteroatoms. The Morgan fingerprint density at radius 3 is 2.29 bits per heavy atom. The molecule has 0 saturated carbocycles. The quantitative estimate of drug-likeness (QED) is 0.476. The Balaban J connectivity index is 2.36. The van der Waals surface area contributed by atoms with Crippen LogP contribution in [0.5, 0.6) is 0 Å². The first-order valence-electron chi connectivity index (χ1n) is 6.63. The molecule has 0 aliphatic rings. The summed E-state index contributed by atoms with van der Waals surface area (Å²) in [6.07, 6.45) is 1.48. The first kappa shape index (κ1) is 14.7. The Morgan fingerprint density at radius 1 is 1.14 bits per heavy atom. The molecule has 0 bridgehead atoms. The first-order chi connectivity index (χ1) is 10.1. The number of aldehydes is 1. The Bertz CT molecular complexity index is 666. The van der Waals surface area contributed by atoms with Gasteiger partial charge in [-0.05, 0) is 36.2 Å². The molecule has 0 saturated heterocycles. The molecule has 0 atom stereocenters. The summed E-state index contributed by atoms with van der Waals surface area (Å²) in [6, 6.07) is 12.6. The molecule has 2 aromatic carbocycles. The highest BCUT2D eigenvalue weighted by Crippen LogP contribution is 2.28. The van der Waals surface area contributed by atoms with E-state index in [0.29, 0.717) is 6.29 Å². The van der Waals surface area contributed by atoms with E-state index < -0.39 is 4.92 Å². The first-order valence-corrected chi connectivity index (χ1v) is 6.63. The van der Waals surface area contributed by atoms with Gasteiger partial charge in [-0.15, -0.1) is 0 Å². The van der Waals surface area contributed by atoms with Gasteiger partial charge < -0.3 is 4.90 Å². The normalized spacial score (nSPS) is 10.2. The van der Waals surface area contributed by atoms with E-state index in [-0.39, 0.29) is 11.3 Å². The number of nitrogens with zero attached hydrogens (tertiary/aromatic N) is 2. The Kier molecular flexibility index (Phi) is 4.33. The summed E-state index contributed by atoms with van der Waals surface area (Å²) in [5.41, 5.74) is 2.83. The predicted molar refractivity (Wildman–Crippen MR) is 82.4 cm³/mol. The Morgan fingerprint density at radius 2 is 1.76 bits per heavy atom. The SMILES string of the molecule is CCc1ccc(N(C)c2ccc([N+](=O)[O-])c(C=O)c2)cc1. The van der Waals surface area contributed by atoms with Crippen LogP contribution < -0.4 is 4.90 Å². The van der Waals surface area contributed by atoms with Crippen molar-refractivity contribution in [1.82, 2.24) is 0 Å². The van der Waals surface area contributed by atoms with Crippen LogP contribution in [-0.2, 0) is 6.42 Å². The van der Waals surface area contributed by atoms with Crippen molar-refractivity contribution in [2.24, 2.45) is 0 Å². The van der Waals surface area contributed by atoms with E-state index in [1.807, 2.05) is 36.2 Å². The van der Waals surface area contributed by atoms with E-state index in [4.69, 9.17) is 0 Å². The summed E-state index contributed by atoms with van der Waals surface area (Å²) < 4.78 is 0. The van der Waals surface area contributed by atoms with Crippen LogP contribution in [0.4, 0.5) is 17.1 Å². The third-order valence-electron chi connectivity index (χ3n) is 3.45. The highest BCUT2D eigenvalue weighted by Gasteiger charge is 2.15. The molecule has 0 N–H and O–H groups in total. The average molecular weight is 284 g/mol. The lowest BCUT2D eigenvalue weighted by Crippen LogP contribution is -2.10. The number of hydrogen-bond acceptors (Lipinski definition) is 4. The average Bonchev–Trinajstić information content (AvgIpc) is 2.53. The van der Waals surface area contributed by atoms with E-state index >= 15 is 0 Å². The van der Waals surface area contributed by atoms with Crippen LogP contribution in [0.15, 0.2) is 42.5 Å². The van der Waals surface area contributed by atoms with Gasteiger partial charge in [0.25, 0.3) is 5.69 Å². The third kappa shape index (κ3) is 3.08. The van der Waals surface area contributed by atoms with Gasteiger partial charge in [0.15, 0.2) is 6.29 Å². The number of benzene rings is 2. The number of carbonyl (C=O) groups excluding carboxylic acids is 1. The van der Waals surface area contributed by atoms with Gasteiger partial charge in [0.1, 0.15) is 0 Å². The molecule has 5 nitrogen and oxygen atoms in total. The summed E-state index contributed by atoms with van der Waals surface area (Å²) in [4.78, 5) is 23.2. The number of rotatable bonds is 5. The lowest BCUT2D eigenvalue weighted by Gasteiger charge is -2.20. The van der Waals surface area contributed by atoms with E-state index in [0.717, 1.165) is 17.8 Å². The molecule has 0 aliphatic carbocycles. The molecule has 21 heavy (non-hydrogen) atoms. The van der Waals surface area contributed by atoms with Gasteiger partial charge in [-0.3, -0.25) is 14.9 Å². The molecule has 0 amide bonds. The monoisotopic (exact) mass is 284 g/mol. The fraction of sp³-hybridized carbons (Fsp3) is 0.188. The Hall–Kier alpha value is -2.69. The summed E-state index contributed by atoms with van der Waals surface area (Å²) in [5.74, 6) is 0. The van der Waals surface area contributed by atoms with Crippen LogP contribution in [0.1, 0.15) is 22.8 Å². The van der Waals surface area contributed by atoms with Crippen molar-refractivity contribution in [2.45, 2.75) is 13.3 Å². The van der Waals surface area contributed by atoms with Gasteiger partial charge in [-0.2, -0.15) is 0 Å². The van der Waals surface area contributed by atoms with Crippen LogP contribution in [0, 0.1) is 10.1 Å². The van der Waals surface area contributed by atoms with Crippen molar-refractivity contribution in [3.63, 3.8) is 0 Å². The van der Waals surface area contributed by atoms with Crippen molar-refractivity contribution in [1.29, 1.82) is 0 Å². The fourth-order valence-corrected chi connectivity index (χ4v) is 2.12. The maximum Gasteiger partial charge on any atom is 0.280 e. The van der Waals surface area contributed by atoms with Crippen molar-refractivity contribution in [2.75, 3.05) is 11.9 Å². The van der Waals surface area contributed by atoms with Gasteiger partial charge in [0, 0.05) is 24.5 Å². The zero-order chi connectivity index (χ0) is 15.4. The minimum Gasteiger partial charge on any atom is -0.345 e. The van der Waals surface area contributed by atoms with E-state index in [1.54, 1.807) is 6.07 Å². The van der Waals surface area contributed by atoms with E-state index in [9.17, 15) is 14.9 Å². The minimum atomic E-state index is -0.552. The minimum absolute atomic E-state index is 0.0783. The molecule has 2 aromatic rings. The summed E-state index contributed by atoms with van der Waals surface area (Å²) in [6.45, 7) is 2.09. The number of hydrogen-bond donors (Lipinski definition) is 0. The fourth-order valence-electron chi connectivity index (χ4n) is 2.12. The molecule has 0 unspecified atom stereocenters. The lowest BCUT2D eigenvalue weighted by molar-refractivity contribution is -0.385. The number of nitro benzene ring substituents is 1. The number of anilines is 2. The maximum absolute atomic E-state index is 11.0. The predicted octanol–water partition coefficient (Wildman–Crippen LogP) is 3.74. The molecular formula is C16H16N2O3. The van der Waals surface area contributed by atoms with Crippen molar-refractivity contribution >= 4 is 23.3 Å². The molecule has 0 aliphatic heterocycles. The number of aryl methyl sites for hydroxylation is 1. The van der Waals surface area contributed by atoms with Gasteiger partial charge in [-0.25, -0.2) is 0 Å². The zero-order valence-electron chi connectivity index (χ0n) is 11.9. The molecule has 2 rings (SSSR count). The van der Waals surface area contributed by atoms with Crippen molar-refractivity contribution in [3.05, 3.63) is 63.7 Å². The van der Waals surface area contributed by atoms with Gasteiger partial charge >= 0.3 is 0 Å². The molecule has 0 spiro atoms. The maximum atomic E-state index is 11.0. The summed E-state index contributed by atoms with van der Waals surface area (Å²) in [5, 5.41) is 10.8. The highest BCUT2D eigenvalue weighted by molar-refractivity contribution is 5.84. The summed E-state index contributed by atoms with van der Waals surface area (Å²) >= 11 is 0. The van der Waals surface area contributed by atoms with Gasteiger partial charge in [0.05, 0.1) is 10.5 Å². The molecule has 0 aromatic heterocycles. The second-order valence-corrected chi connectivity index (χ2v) is 4.70. The number of nitro groups is 1. The highest BCUT2D eigenvalue weighted by atomic mass is 16.6. The van der Waals surface area contributed by atoms with Crippen LogP contribution in [0.3, 0.4) is 0 Å². The second kappa shape index (κ2) is 6.17. The van der Waals surface area contributed by atoms with E-state index in [2.05, 4.69) is 6.92 Å². The van der Waals surface area contributed by atoms with Crippen LogP contribution in [0.25, 0.3) is 0 Å². The number of carbonyl (C=O) groups is 1. The zero-order valence-corrected chi connectivity index (χ0v) is 11.9. The standard InChI is InChI=1S/C16H16N2O3/c1-3-12-4-6-14(7-5-12)17(2)15-8-9-16(18(20)21)13(10-15)11-19/h4-11H,3H2,1-2H3. The molecule has 0 fully saturated rings. The second-order valence-electron chi connectivity index (χ2n) is 4.70. The lowest BCUT2D eigenvalue weighted by atomic mass is 10.1. The molecule has 0 heterocycles. The Labute approximate surface area is 123 Å². The van der Waals surface area contributed by atoms with Gasteiger partial charge in [-0.1, -0.05) is 19.1 Å². The largest absolute Gasteiger partial charge is 0.345 e. The van der Waals surface area contributed by atoms with Crippen LogP contribution >= 0.6 is 0 Å². The smallest absolute Gasteiger partial charge is 0.280 e. The van der Waals surface area contributed by atoms with Gasteiger partial charge in [0.2, 0.25) is 0 Å². The molecular weight excluding hydrogens is 268 g/mol. The molecule has 108 valence electrons. The molecule has 0 radical (unpaired) electrons. The third-order valence-corrected chi connectivity index (χ3v) is 3.45.